The van der Waals surface area contributed by atoms with Gasteiger partial charge in [0, 0.05) is 45.3 Å². The van der Waals surface area contributed by atoms with Gasteiger partial charge in [-0.1, -0.05) is 39.5 Å². The van der Waals surface area contributed by atoms with Crippen LogP contribution in [0.25, 0.3) is 0 Å². The van der Waals surface area contributed by atoms with E-state index in [1.807, 2.05) is 62.3 Å². The molecule has 0 amide bonds. The van der Waals surface area contributed by atoms with Crippen LogP contribution < -0.4 is 15.5 Å². The van der Waals surface area contributed by atoms with Gasteiger partial charge in [-0.3, -0.25) is 0 Å². The summed E-state index contributed by atoms with van der Waals surface area (Å²) < 4.78 is 10.4. The van der Waals surface area contributed by atoms with Crippen LogP contribution >= 0.6 is 0 Å². The first-order chi connectivity index (χ1) is 21.0. The van der Waals surface area contributed by atoms with Gasteiger partial charge in [-0.25, -0.2) is 14.4 Å². The van der Waals surface area contributed by atoms with Gasteiger partial charge in [-0.15, -0.1) is 0 Å². The largest absolute Gasteiger partial charge is 0.478 e. The molecule has 0 spiro atoms. The van der Waals surface area contributed by atoms with Crippen LogP contribution in [0.2, 0.25) is 0 Å². The molecule has 3 rings (SSSR count). The number of ether oxygens (including phenoxy) is 2. The summed E-state index contributed by atoms with van der Waals surface area (Å²) in [7, 11) is 7.88. The second kappa shape index (κ2) is 21.2. The first kappa shape index (κ1) is 37.5. The minimum absolute atomic E-state index is 0.230. The lowest BCUT2D eigenvalue weighted by Gasteiger charge is -2.12. The van der Waals surface area contributed by atoms with Crippen molar-refractivity contribution in [3.63, 3.8) is 0 Å². The highest BCUT2D eigenvalue weighted by molar-refractivity contribution is 5.90. The van der Waals surface area contributed by atoms with Gasteiger partial charge in [-0.05, 0) is 85.6 Å². The number of benzene rings is 3. The Bertz CT molecular complexity index is 1170. The van der Waals surface area contributed by atoms with Gasteiger partial charge in [-0.2, -0.15) is 0 Å². The Hall–Kier alpha value is -4.53. The first-order valence-electron chi connectivity index (χ1n) is 15.0. The molecular formula is C35H49N3O6. The van der Waals surface area contributed by atoms with Gasteiger partial charge in [0.2, 0.25) is 0 Å². The molecule has 0 heterocycles. The Kier molecular flexibility index (Phi) is 18.1. The molecule has 0 saturated carbocycles. The number of carboxylic acids is 1. The number of unbranched alkanes of at least 4 members (excludes halogenated alkanes) is 4. The maximum Gasteiger partial charge on any atom is 0.338 e. The highest BCUT2D eigenvalue weighted by Gasteiger charge is 2.08. The van der Waals surface area contributed by atoms with Crippen molar-refractivity contribution in [2.45, 2.75) is 52.4 Å². The van der Waals surface area contributed by atoms with E-state index in [9.17, 15) is 14.4 Å². The van der Waals surface area contributed by atoms with Crippen molar-refractivity contribution in [2.24, 2.45) is 0 Å². The van der Waals surface area contributed by atoms with Crippen molar-refractivity contribution < 1.29 is 29.0 Å². The second-order valence-electron chi connectivity index (χ2n) is 10.5. The molecule has 0 radical (unpaired) electrons. The van der Waals surface area contributed by atoms with E-state index in [-0.39, 0.29) is 17.5 Å². The average molecular weight is 608 g/mol. The van der Waals surface area contributed by atoms with E-state index < -0.39 is 5.97 Å². The molecule has 3 aromatic carbocycles. The van der Waals surface area contributed by atoms with Crippen LogP contribution in [0.15, 0.2) is 72.8 Å². The van der Waals surface area contributed by atoms with E-state index >= 15 is 0 Å². The molecule has 0 unspecified atom stereocenters. The highest BCUT2D eigenvalue weighted by atomic mass is 16.5. The van der Waals surface area contributed by atoms with Gasteiger partial charge >= 0.3 is 17.9 Å². The number of esters is 2. The number of hydrogen-bond acceptors (Lipinski definition) is 8. The highest BCUT2D eigenvalue weighted by Crippen LogP contribution is 2.14. The molecule has 44 heavy (non-hydrogen) atoms. The normalized spacial score (nSPS) is 9.86. The fourth-order valence-corrected chi connectivity index (χ4v) is 3.62. The van der Waals surface area contributed by atoms with Crippen LogP contribution in [0.1, 0.15) is 83.4 Å². The predicted octanol–water partition coefficient (Wildman–Crippen LogP) is 7.17. The van der Waals surface area contributed by atoms with Crippen molar-refractivity contribution in [3.8, 4) is 0 Å². The third-order valence-electron chi connectivity index (χ3n) is 6.36. The lowest BCUT2D eigenvalue weighted by molar-refractivity contribution is 0.0489. The summed E-state index contributed by atoms with van der Waals surface area (Å²) >= 11 is 0. The van der Waals surface area contributed by atoms with E-state index in [0.717, 1.165) is 49.9 Å². The van der Waals surface area contributed by atoms with Crippen molar-refractivity contribution >= 4 is 35.0 Å². The molecule has 3 N–H and O–H groups in total. The third kappa shape index (κ3) is 15.1. The third-order valence-corrected chi connectivity index (χ3v) is 6.36. The molecule has 3 aromatic rings. The van der Waals surface area contributed by atoms with Crippen LogP contribution in [-0.2, 0) is 9.47 Å². The number of hydrogen-bond donors (Lipinski definition) is 2. The van der Waals surface area contributed by atoms with Crippen LogP contribution in [0.5, 0.6) is 0 Å². The van der Waals surface area contributed by atoms with Crippen LogP contribution in [0, 0.1) is 0 Å². The van der Waals surface area contributed by atoms with Crippen LogP contribution in [-0.4, -0.2) is 64.4 Å². The number of rotatable bonds is 13. The molecule has 9 heteroatoms. The zero-order chi connectivity index (χ0) is 32.9. The molecule has 9 nitrogen and oxygen atoms in total. The van der Waals surface area contributed by atoms with Gasteiger partial charge in [0.25, 0.3) is 0 Å². The summed E-state index contributed by atoms with van der Waals surface area (Å²) in [6.07, 6.45) is 6.36. The van der Waals surface area contributed by atoms with Gasteiger partial charge in [0.05, 0.1) is 29.9 Å². The quantitative estimate of drug-likeness (QED) is 0.118. The van der Waals surface area contributed by atoms with E-state index in [0.29, 0.717) is 30.0 Å². The fourth-order valence-electron chi connectivity index (χ4n) is 3.62. The smallest absolute Gasteiger partial charge is 0.338 e. The Labute approximate surface area is 262 Å². The topological polar surface area (TPSA) is 122 Å². The molecular weight excluding hydrogens is 558 g/mol. The van der Waals surface area contributed by atoms with E-state index in [4.69, 9.17) is 20.3 Å². The molecule has 0 saturated heterocycles. The molecule has 0 aliphatic carbocycles. The van der Waals surface area contributed by atoms with Crippen molar-refractivity contribution in [2.75, 3.05) is 56.9 Å². The number of nitrogens with zero attached hydrogens (tertiary/aromatic N) is 2. The van der Waals surface area contributed by atoms with Gasteiger partial charge in [0.1, 0.15) is 0 Å². The Morgan fingerprint density at radius 2 is 0.932 bits per heavy atom. The summed E-state index contributed by atoms with van der Waals surface area (Å²) in [6, 6.07) is 20.9. The maximum absolute atomic E-state index is 11.7. The van der Waals surface area contributed by atoms with Crippen molar-refractivity contribution in [1.82, 2.24) is 0 Å². The number of carbonyl (C=O) groups excluding carboxylic acids is 2. The molecule has 0 aromatic heterocycles. The summed E-state index contributed by atoms with van der Waals surface area (Å²) in [5.74, 6) is -1.39. The number of carbonyl (C=O) groups is 3. The number of nitrogen functional groups attached to an aromatic ring is 1. The zero-order valence-electron chi connectivity index (χ0n) is 27.0. The van der Waals surface area contributed by atoms with Gasteiger partial charge < -0.3 is 30.1 Å². The molecule has 0 atom stereocenters. The molecule has 240 valence electrons. The molecule has 0 fully saturated rings. The number of nitrogens with two attached hydrogens (primary N) is 1. The molecule has 0 aliphatic heterocycles. The van der Waals surface area contributed by atoms with Crippen molar-refractivity contribution in [1.29, 1.82) is 0 Å². The number of carboxylic acid groups (broad SMARTS) is 1. The first-order valence-corrected chi connectivity index (χ1v) is 15.0. The minimum Gasteiger partial charge on any atom is -0.478 e. The average Bonchev–Trinajstić information content (AvgIpc) is 3.02. The second-order valence-corrected chi connectivity index (χ2v) is 10.5. The number of anilines is 3. The van der Waals surface area contributed by atoms with E-state index in [1.54, 1.807) is 36.4 Å². The molecule has 0 aliphatic rings. The van der Waals surface area contributed by atoms with Gasteiger partial charge in [0.15, 0.2) is 0 Å². The van der Waals surface area contributed by atoms with Crippen molar-refractivity contribution in [3.05, 3.63) is 89.5 Å². The SMILES string of the molecule is CCCCCOC(=O)c1ccc(N(C)C)cc1.CCCCCOC(=O)c1ccc(N(C)C)cc1.Nc1ccc(C(=O)O)cc1. The summed E-state index contributed by atoms with van der Waals surface area (Å²) in [4.78, 5) is 37.6. The predicted molar refractivity (Wildman–Crippen MR) is 179 cm³/mol. The summed E-state index contributed by atoms with van der Waals surface area (Å²) in [5.41, 5.74) is 9.55. The fraction of sp³-hybridized carbons (Fsp3) is 0.400. The Balaban J connectivity index is 0.000000342. The standard InChI is InChI=1S/2C14H21NO2.C7H7NO2/c2*1-4-5-6-11-17-14(16)12-7-9-13(10-8-12)15(2)3;8-6-3-1-5(2-4-6)7(9)10/h2*7-10H,4-6,11H2,1-3H3;1-4H,8H2,(H,9,10). The summed E-state index contributed by atoms with van der Waals surface area (Å²) in [6.45, 7) is 5.29. The monoisotopic (exact) mass is 607 g/mol. The number of aromatic carboxylic acids is 1. The maximum atomic E-state index is 11.7. The summed E-state index contributed by atoms with van der Waals surface area (Å²) in [5, 5.41) is 8.43. The molecule has 0 bridgehead atoms. The Morgan fingerprint density at radius 3 is 1.23 bits per heavy atom. The lowest BCUT2D eigenvalue weighted by Crippen LogP contribution is -2.10. The minimum atomic E-state index is -0.931. The Morgan fingerprint density at radius 1 is 0.591 bits per heavy atom. The zero-order valence-corrected chi connectivity index (χ0v) is 27.0. The van der Waals surface area contributed by atoms with Crippen LogP contribution in [0.4, 0.5) is 17.1 Å². The van der Waals surface area contributed by atoms with Crippen LogP contribution in [0.3, 0.4) is 0 Å². The van der Waals surface area contributed by atoms with E-state index in [2.05, 4.69) is 13.8 Å². The van der Waals surface area contributed by atoms with E-state index in [1.165, 1.54) is 12.1 Å². The lowest BCUT2D eigenvalue weighted by atomic mass is 10.2.